The highest BCUT2D eigenvalue weighted by Gasteiger charge is 2.20. The van der Waals surface area contributed by atoms with E-state index in [0.29, 0.717) is 13.2 Å². The van der Waals surface area contributed by atoms with Crippen molar-refractivity contribution in [3.8, 4) is 11.5 Å². The maximum atomic E-state index is 6.26. The molecule has 0 radical (unpaired) electrons. The van der Waals surface area contributed by atoms with Crippen LogP contribution in [0.25, 0.3) is 0 Å². The lowest BCUT2D eigenvalue weighted by atomic mass is 10.0. The number of rotatable bonds is 2. The largest absolute Gasteiger partial charge is 0.486 e. The Morgan fingerprint density at radius 3 is 2.78 bits per heavy atom. The van der Waals surface area contributed by atoms with Crippen LogP contribution < -0.4 is 15.2 Å². The molecule has 1 aliphatic heterocycles. The summed E-state index contributed by atoms with van der Waals surface area (Å²) in [6.45, 7) is 1.19. The number of hydrogen-bond acceptors (Lipinski definition) is 4. The van der Waals surface area contributed by atoms with Gasteiger partial charge in [0.05, 0.1) is 6.04 Å². The molecule has 0 saturated heterocycles. The van der Waals surface area contributed by atoms with Gasteiger partial charge in [-0.2, -0.15) is 11.3 Å². The summed E-state index contributed by atoms with van der Waals surface area (Å²) in [7, 11) is 0. The summed E-state index contributed by atoms with van der Waals surface area (Å²) < 4.78 is 11.2. The minimum atomic E-state index is -0.155. The third-order valence-corrected chi connectivity index (χ3v) is 3.54. The Labute approximate surface area is 116 Å². The number of benzene rings is 1. The van der Waals surface area contributed by atoms with Crippen molar-refractivity contribution >= 4 is 23.7 Å². The molecule has 1 aromatic carbocycles. The summed E-state index contributed by atoms with van der Waals surface area (Å²) >= 11 is 1.65. The minimum absolute atomic E-state index is 0. The summed E-state index contributed by atoms with van der Waals surface area (Å²) in [5.41, 5.74) is 8.35. The summed E-state index contributed by atoms with van der Waals surface area (Å²) in [5, 5.41) is 4.09. The van der Waals surface area contributed by atoms with Crippen LogP contribution in [0.2, 0.25) is 0 Å². The van der Waals surface area contributed by atoms with Crippen molar-refractivity contribution in [2.75, 3.05) is 13.2 Å². The fourth-order valence-electron chi connectivity index (χ4n) is 1.97. The van der Waals surface area contributed by atoms with Gasteiger partial charge in [0.15, 0.2) is 11.5 Å². The van der Waals surface area contributed by atoms with Crippen LogP contribution in [0.15, 0.2) is 35.0 Å². The van der Waals surface area contributed by atoms with Crippen LogP contribution >= 0.6 is 23.7 Å². The van der Waals surface area contributed by atoms with E-state index < -0.39 is 0 Å². The first-order valence-electron chi connectivity index (χ1n) is 5.52. The second-order valence-electron chi connectivity index (χ2n) is 3.91. The van der Waals surface area contributed by atoms with Crippen LogP contribution in [0.3, 0.4) is 0 Å². The zero-order valence-electron chi connectivity index (χ0n) is 9.67. The van der Waals surface area contributed by atoms with Gasteiger partial charge in [-0.15, -0.1) is 12.4 Å². The number of para-hydroxylation sites is 1. The van der Waals surface area contributed by atoms with Crippen LogP contribution in [0.4, 0.5) is 0 Å². The molecular formula is C13H14ClNO2S. The van der Waals surface area contributed by atoms with Crippen molar-refractivity contribution in [1.29, 1.82) is 0 Å². The SMILES string of the molecule is Cl.N[C@H](c1ccsc1)c1cccc2c1OCCO2. The lowest BCUT2D eigenvalue weighted by Crippen LogP contribution is -2.19. The topological polar surface area (TPSA) is 44.5 Å². The van der Waals surface area contributed by atoms with Gasteiger partial charge in [-0.25, -0.2) is 0 Å². The molecule has 0 aliphatic carbocycles. The molecule has 0 saturated carbocycles. The highest BCUT2D eigenvalue weighted by atomic mass is 35.5. The van der Waals surface area contributed by atoms with Crippen molar-refractivity contribution in [3.05, 3.63) is 46.2 Å². The molecule has 3 nitrogen and oxygen atoms in total. The fourth-order valence-corrected chi connectivity index (χ4v) is 2.67. The summed E-state index contributed by atoms with van der Waals surface area (Å²) in [6.07, 6.45) is 0. The van der Waals surface area contributed by atoms with Gasteiger partial charge in [-0.1, -0.05) is 12.1 Å². The van der Waals surface area contributed by atoms with Gasteiger partial charge in [0.25, 0.3) is 0 Å². The Morgan fingerprint density at radius 1 is 1.17 bits per heavy atom. The molecule has 0 amide bonds. The monoisotopic (exact) mass is 283 g/mol. The molecule has 2 N–H and O–H groups in total. The predicted molar refractivity (Wildman–Crippen MR) is 75.0 cm³/mol. The third-order valence-electron chi connectivity index (χ3n) is 2.83. The Morgan fingerprint density at radius 2 is 2.00 bits per heavy atom. The minimum Gasteiger partial charge on any atom is -0.486 e. The molecule has 1 atom stereocenters. The van der Waals surface area contributed by atoms with E-state index in [2.05, 4.69) is 5.38 Å². The first-order valence-corrected chi connectivity index (χ1v) is 6.47. The third kappa shape index (κ3) is 2.32. The maximum Gasteiger partial charge on any atom is 0.166 e. The quantitative estimate of drug-likeness (QED) is 0.921. The average molecular weight is 284 g/mol. The molecule has 0 fully saturated rings. The van der Waals surface area contributed by atoms with E-state index in [1.54, 1.807) is 11.3 Å². The van der Waals surface area contributed by atoms with E-state index in [-0.39, 0.29) is 18.4 Å². The van der Waals surface area contributed by atoms with Crippen LogP contribution in [0.5, 0.6) is 11.5 Å². The highest BCUT2D eigenvalue weighted by Crippen LogP contribution is 2.38. The summed E-state index contributed by atoms with van der Waals surface area (Å²) in [5.74, 6) is 1.58. The number of ether oxygens (including phenoxy) is 2. The summed E-state index contributed by atoms with van der Waals surface area (Å²) in [6, 6.07) is 7.75. The van der Waals surface area contributed by atoms with Gasteiger partial charge in [-0.05, 0) is 28.5 Å². The van der Waals surface area contributed by atoms with Gasteiger partial charge in [0.1, 0.15) is 13.2 Å². The smallest absolute Gasteiger partial charge is 0.166 e. The predicted octanol–water partition coefficient (Wildman–Crippen LogP) is 2.99. The first kappa shape index (κ1) is 13.2. The highest BCUT2D eigenvalue weighted by molar-refractivity contribution is 7.08. The Bertz CT molecular complexity index is 516. The number of fused-ring (bicyclic) bond motifs is 1. The molecule has 3 rings (SSSR count). The van der Waals surface area contributed by atoms with Gasteiger partial charge >= 0.3 is 0 Å². The zero-order chi connectivity index (χ0) is 11.7. The van der Waals surface area contributed by atoms with Crippen molar-refractivity contribution in [1.82, 2.24) is 0 Å². The van der Waals surface area contributed by atoms with Gasteiger partial charge < -0.3 is 15.2 Å². The zero-order valence-corrected chi connectivity index (χ0v) is 11.3. The molecule has 2 heterocycles. The molecular weight excluding hydrogens is 270 g/mol. The second kappa shape index (κ2) is 5.61. The molecule has 1 aromatic heterocycles. The standard InChI is InChI=1S/C13H13NO2S.ClH/c14-12(9-4-7-17-8-9)10-2-1-3-11-13(10)16-6-5-15-11;/h1-4,7-8,12H,5-6,14H2;1H/t12-;/m1./s1. The van der Waals surface area contributed by atoms with Crippen molar-refractivity contribution in [3.63, 3.8) is 0 Å². The maximum absolute atomic E-state index is 6.26. The van der Waals surface area contributed by atoms with Gasteiger partial charge in [-0.3, -0.25) is 0 Å². The molecule has 5 heteroatoms. The molecule has 0 spiro atoms. The van der Waals surface area contributed by atoms with E-state index in [9.17, 15) is 0 Å². The molecule has 18 heavy (non-hydrogen) atoms. The normalized spacial score (nSPS) is 14.7. The van der Waals surface area contributed by atoms with E-state index in [1.165, 1.54) is 0 Å². The average Bonchev–Trinajstić information content (AvgIpc) is 2.91. The lowest BCUT2D eigenvalue weighted by molar-refractivity contribution is 0.169. The lowest BCUT2D eigenvalue weighted by Gasteiger charge is -2.23. The number of nitrogens with two attached hydrogens (primary N) is 1. The van der Waals surface area contributed by atoms with Crippen molar-refractivity contribution in [2.45, 2.75) is 6.04 Å². The van der Waals surface area contributed by atoms with Crippen molar-refractivity contribution < 1.29 is 9.47 Å². The van der Waals surface area contributed by atoms with Crippen LogP contribution in [-0.2, 0) is 0 Å². The molecule has 0 bridgehead atoms. The van der Waals surface area contributed by atoms with Crippen LogP contribution in [0.1, 0.15) is 17.2 Å². The molecule has 2 aromatic rings. The number of hydrogen-bond donors (Lipinski definition) is 1. The molecule has 96 valence electrons. The van der Waals surface area contributed by atoms with Crippen LogP contribution in [-0.4, -0.2) is 13.2 Å². The van der Waals surface area contributed by atoms with Gasteiger partial charge in [0.2, 0.25) is 0 Å². The second-order valence-corrected chi connectivity index (χ2v) is 4.69. The fraction of sp³-hybridized carbons (Fsp3) is 0.231. The summed E-state index contributed by atoms with van der Waals surface area (Å²) in [4.78, 5) is 0. The van der Waals surface area contributed by atoms with Gasteiger partial charge in [0, 0.05) is 5.56 Å². The Hall–Kier alpha value is -1.23. The first-order chi connectivity index (χ1) is 8.36. The Balaban J connectivity index is 0.00000120. The number of halogens is 1. The van der Waals surface area contributed by atoms with E-state index in [4.69, 9.17) is 15.2 Å². The van der Waals surface area contributed by atoms with E-state index >= 15 is 0 Å². The van der Waals surface area contributed by atoms with E-state index in [1.807, 2.05) is 29.6 Å². The molecule has 0 unspecified atom stereocenters. The van der Waals surface area contributed by atoms with Crippen LogP contribution in [0, 0.1) is 0 Å². The van der Waals surface area contributed by atoms with E-state index in [0.717, 1.165) is 22.6 Å². The Kier molecular flexibility index (Phi) is 4.11. The number of thiophene rings is 1. The van der Waals surface area contributed by atoms with Crippen molar-refractivity contribution in [2.24, 2.45) is 5.73 Å². The molecule has 1 aliphatic rings.